The van der Waals surface area contributed by atoms with Crippen LogP contribution in [0.3, 0.4) is 0 Å². The minimum atomic E-state index is -1.66. The molecule has 1 saturated carbocycles. The summed E-state index contributed by atoms with van der Waals surface area (Å²) in [5.41, 5.74) is 4.65. The fourth-order valence-electron chi connectivity index (χ4n) is 5.31. The van der Waals surface area contributed by atoms with Gasteiger partial charge in [-0.1, -0.05) is 38.2 Å². The van der Waals surface area contributed by atoms with E-state index in [1.165, 1.54) is 0 Å². The predicted octanol–water partition coefficient (Wildman–Crippen LogP) is 5.02. The lowest BCUT2D eigenvalue weighted by molar-refractivity contribution is -0.125. The van der Waals surface area contributed by atoms with Gasteiger partial charge in [0, 0.05) is 16.3 Å². The largest absolute Gasteiger partial charge is 0.322 e. The quantitative estimate of drug-likeness (QED) is 0.632. The average Bonchev–Trinajstić information content (AvgIpc) is 3.14. The number of carbonyl (C=O) groups is 2. The van der Waals surface area contributed by atoms with Gasteiger partial charge in [0.05, 0.1) is 26.7 Å². The van der Waals surface area contributed by atoms with Crippen molar-refractivity contribution in [3.63, 3.8) is 0 Å². The number of hydrogen-bond acceptors (Lipinski definition) is 3. The van der Waals surface area contributed by atoms with Gasteiger partial charge in [-0.2, -0.15) is 0 Å². The molecule has 0 aromatic heterocycles. The second kappa shape index (κ2) is 7.58. The fourth-order valence-corrected chi connectivity index (χ4v) is 7.91. The highest BCUT2D eigenvalue weighted by atomic mass is 28.3. The molecule has 1 aliphatic carbocycles. The Hall–Kier alpha value is -2.41. The van der Waals surface area contributed by atoms with Crippen molar-refractivity contribution in [1.29, 1.82) is 0 Å². The van der Waals surface area contributed by atoms with E-state index in [0.29, 0.717) is 18.9 Å². The summed E-state index contributed by atoms with van der Waals surface area (Å²) in [6.07, 6.45) is 3.07. The van der Waals surface area contributed by atoms with Crippen LogP contribution in [-0.4, -0.2) is 49.4 Å². The molecule has 2 aliphatic heterocycles. The summed E-state index contributed by atoms with van der Waals surface area (Å²) in [5, 5.41) is 6.09. The second-order valence-electron chi connectivity index (χ2n) is 11.2. The molecule has 1 aromatic rings. The van der Waals surface area contributed by atoms with E-state index in [0.717, 1.165) is 47.2 Å². The van der Waals surface area contributed by atoms with Crippen molar-refractivity contribution in [2.75, 3.05) is 18.4 Å². The first-order valence-electron chi connectivity index (χ1n) is 11.6. The molecule has 32 heavy (non-hydrogen) atoms. The van der Waals surface area contributed by atoms with Gasteiger partial charge in [0.25, 0.3) is 0 Å². The molecule has 0 unspecified atom stereocenters. The van der Waals surface area contributed by atoms with Crippen molar-refractivity contribution >= 4 is 31.5 Å². The maximum atomic E-state index is 13.4. The molecule has 4 rings (SSSR count). The van der Waals surface area contributed by atoms with Gasteiger partial charge in [0.15, 0.2) is 0 Å². The van der Waals surface area contributed by atoms with Gasteiger partial charge in [0.2, 0.25) is 5.91 Å². The van der Waals surface area contributed by atoms with Crippen molar-refractivity contribution in [2.24, 2.45) is 4.99 Å². The maximum Gasteiger partial charge on any atom is 0.322 e. The van der Waals surface area contributed by atoms with Crippen LogP contribution in [0.2, 0.25) is 24.7 Å². The number of aliphatic imine (C=N–C) groups is 1. The molecule has 1 fully saturated rings. The lowest BCUT2D eigenvalue weighted by Crippen LogP contribution is -2.55. The fraction of sp³-hybridized carbons (Fsp3) is 0.560. The predicted molar refractivity (Wildman–Crippen MR) is 133 cm³/mol. The number of nitrogens with zero attached hydrogens (tertiary/aromatic N) is 2. The number of nitrogens with one attached hydrogen (secondary N) is 2. The third-order valence-corrected chi connectivity index (χ3v) is 11.6. The first kappa shape index (κ1) is 22.8. The monoisotopic (exact) mass is 452 g/mol. The van der Waals surface area contributed by atoms with E-state index in [4.69, 9.17) is 0 Å². The van der Waals surface area contributed by atoms with Crippen molar-refractivity contribution in [1.82, 2.24) is 10.2 Å². The zero-order valence-electron chi connectivity index (χ0n) is 20.5. The van der Waals surface area contributed by atoms with E-state index in [9.17, 15) is 9.59 Å². The van der Waals surface area contributed by atoms with Gasteiger partial charge in [-0.25, -0.2) is 4.79 Å². The normalized spacial score (nSPS) is 21.1. The van der Waals surface area contributed by atoms with Crippen molar-refractivity contribution in [3.05, 3.63) is 40.5 Å². The highest BCUT2D eigenvalue weighted by Gasteiger charge is 2.54. The summed E-state index contributed by atoms with van der Waals surface area (Å²) in [5.74, 6) is 0.802. The topological polar surface area (TPSA) is 73.8 Å². The lowest BCUT2D eigenvalue weighted by Gasteiger charge is -2.49. The molecule has 0 saturated heterocycles. The molecule has 172 valence electrons. The number of anilines is 1. The number of rotatable bonds is 3. The SMILES string of the molecule is Cc1ccc(C)c(NC(=O)N2CC3=C(CN=C3NC(=O)C3([Si](C)(C)C)CCC3)C2(C)C)c1. The van der Waals surface area contributed by atoms with Gasteiger partial charge in [-0.15, -0.1) is 0 Å². The molecule has 3 aliphatic rings. The molecule has 2 N–H and O–H groups in total. The number of aryl methyl sites for hydroxylation is 2. The minimum Gasteiger partial charge on any atom is -0.311 e. The van der Waals surface area contributed by atoms with E-state index in [1.807, 2.05) is 36.9 Å². The number of benzene rings is 1. The number of amides is 3. The maximum absolute atomic E-state index is 13.4. The van der Waals surface area contributed by atoms with E-state index in [-0.39, 0.29) is 17.0 Å². The standard InChI is InChI=1S/C25H36N4O2Si/c1-16-9-10-17(2)20(13-16)27-23(31)29-15-18-19(24(29,3)4)14-26-21(18)28-22(30)25(11-8-12-25)32(5,6)7/h9-10,13H,8,11-12,14-15H2,1-7H3,(H,27,31)(H,26,28,30). The van der Waals surface area contributed by atoms with Crippen LogP contribution in [0.4, 0.5) is 10.5 Å². The van der Waals surface area contributed by atoms with E-state index >= 15 is 0 Å². The summed E-state index contributed by atoms with van der Waals surface area (Å²) in [6, 6.07) is 5.94. The van der Waals surface area contributed by atoms with Crippen molar-refractivity contribution in [2.45, 2.75) is 77.2 Å². The zero-order chi connectivity index (χ0) is 23.5. The molecular formula is C25H36N4O2Si. The Balaban J connectivity index is 1.51. The number of urea groups is 1. The van der Waals surface area contributed by atoms with Crippen LogP contribution in [-0.2, 0) is 4.79 Å². The van der Waals surface area contributed by atoms with Crippen molar-refractivity contribution in [3.8, 4) is 0 Å². The molecule has 6 nitrogen and oxygen atoms in total. The third kappa shape index (κ3) is 3.51. The minimum absolute atomic E-state index is 0.124. The van der Waals surface area contributed by atoms with Crippen molar-refractivity contribution < 1.29 is 9.59 Å². The Kier molecular flexibility index (Phi) is 5.39. The van der Waals surface area contributed by atoms with Crippen LogP contribution in [0.25, 0.3) is 0 Å². The molecule has 3 amide bonds. The Morgan fingerprint density at radius 3 is 2.38 bits per heavy atom. The van der Waals surface area contributed by atoms with Crippen LogP contribution in [0.5, 0.6) is 0 Å². The molecule has 0 radical (unpaired) electrons. The van der Waals surface area contributed by atoms with Gasteiger partial charge >= 0.3 is 6.03 Å². The summed E-state index contributed by atoms with van der Waals surface area (Å²) in [4.78, 5) is 33.2. The molecule has 7 heteroatoms. The summed E-state index contributed by atoms with van der Waals surface area (Å²) < 4.78 is 0. The van der Waals surface area contributed by atoms with Crippen LogP contribution in [0.15, 0.2) is 34.3 Å². The summed E-state index contributed by atoms with van der Waals surface area (Å²) in [7, 11) is -1.66. The highest BCUT2D eigenvalue weighted by Crippen LogP contribution is 2.55. The molecule has 0 bridgehead atoms. The van der Waals surface area contributed by atoms with Crippen LogP contribution in [0, 0.1) is 13.8 Å². The van der Waals surface area contributed by atoms with Gasteiger partial charge in [-0.3, -0.25) is 9.79 Å². The summed E-state index contributed by atoms with van der Waals surface area (Å²) >= 11 is 0. The van der Waals surface area contributed by atoms with Crippen LogP contribution in [0.1, 0.15) is 44.2 Å². The Morgan fingerprint density at radius 2 is 1.78 bits per heavy atom. The van der Waals surface area contributed by atoms with E-state index < -0.39 is 13.6 Å². The number of amidine groups is 1. The van der Waals surface area contributed by atoms with E-state index in [2.05, 4.69) is 49.1 Å². The highest BCUT2D eigenvalue weighted by molar-refractivity contribution is 6.82. The molecule has 0 spiro atoms. The average molecular weight is 453 g/mol. The number of carbonyl (C=O) groups excluding carboxylic acids is 2. The third-order valence-electron chi connectivity index (χ3n) is 7.96. The first-order chi connectivity index (χ1) is 14.9. The first-order valence-corrected chi connectivity index (χ1v) is 15.1. The van der Waals surface area contributed by atoms with Crippen LogP contribution < -0.4 is 10.6 Å². The Bertz CT molecular complexity index is 1040. The smallest absolute Gasteiger partial charge is 0.311 e. The van der Waals surface area contributed by atoms with Gasteiger partial charge in [-0.05, 0) is 63.3 Å². The zero-order valence-corrected chi connectivity index (χ0v) is 21.5. The summed E-state index contributed by atoms with van der Waals surface area (Å²) in [6.45, 7) is 16.0. The lowest BCUT2D eigenvalue weighted by atomic mass is 9.83. The van der Waals surface area contributed by atoms with E-state index in [1.54, 1.807) is 0 Å². The second-order valence-corrected chi connectivity index (χ2v) is 16.6. The van der Waals surface area contributed by atoms with Gasteiger partial charge < -0.3 is 15.5 Å². The molecular weight excluding hydrogens is 416 g/mol. The van der Waals surface area contributed by atoms with Crippen LogP contribution >= 0.6 is 0 Å². The molecule has 0 atom stereocenters. The Labute approximate surface area is 192 Å². The number of hydrogen-bond donors (Lipinski definition) is 2. The Morgan fingerprint density at radius 1 is 1.09 bits per heavy atom. The van der Waals surface area contributed by atoms with Gasteiger partial charge in [0.1, 0.15) is 5.84 Å². The molecule has 1 aromatic carbocycles. The molecule has 2 heterocycles.